The van der Waals surface area contributed by atoms with E-state index in [-0.39, 0.29) is 5.92 Å². The third kappa shape index (κ3) is 1.71. The maximum Gasteiger partial charge on any atom is 0.307 e. The molecule has 2 nitrogen and oxygen atoms in total. The Balaban J connectivity index is 2.70. The smallest absolute Gasteiger partial charge is 0.307 e. The van der Waals surface area contributed by atoms with Crippen LogP contribution in [0.25, 0.3) is 0 Å². The molecule has 0 aromatic rings. The van der Waals surface area contributed by atoms with Gasteiger partial charge in [0.2, 0.25) is 0 Å². The third-order valence-corrected chi connectivity index (χ3v) is 2.97. The zero-order valence-corrected chi connectivity index (χ0v) is 7.55. The Morgan fingerprint density at radius 2 is 2.08 bits per heavy atom. The zero-order valence-electron chi connectivity index (χ0n) is 7.55. The zero-order chi connectivity index (χ0) is 10.2. The van der Waals surface area contributed by atoms with Crippen molar-refractivity contribution in [3.8, 4) is 0 Å². The number of allylic oxidation sites excluding steroid dienone is 1. The van der Waals surface area contributed by atoms with E-state index < -0.39 is 23.4 Å². The lowest BCUT2D eigenvalue weighted by molar-refractivity contribution is -0.156. The fraction of sp³-hybridized carbons (Fsp3) is 0.667. The van der Waals surface area contributed by atoms with Gasteiger partial charge in [0.15, 0.2) is 0 Å². The normalized spacial score (nSPS) is 30.5. The third-order valence-electron chi connectivity index (χ3n) is 2.97. The first-order valence-corrected chi connectivity index (χ1v) is 4.11. The first-order chi connectivity index (χ1) is 5.85. The highest BCUT2D eigenvalue weighted by molar-refractivity contribution is 5.72. The molecule has 1 fully saturated rings. The molecule has 0 saturated heterocycles. The highest BCUT2D eigenvalue weighted by Crippen LogP contribution is 2.52. The van der Waals surface area contributed by atoms with Gasteiger partial charge in [0, 0.05) is 0 Å². The summed E-state index contributed by atoms with van der Waals surface area (Å²) in [7, 11) is 0. The van der Waals surface area contributed by atoms with Crippen LogP contribution in [-0.4, -0.2) is 11.1 Å². The van der Waals surface area contributed by atoms with Crippen molar-refractivity contribution in [1.82, 2.24) is 0 Å². The SMILES string of the molecule is CC1(C)C(C=C(F)F)CC1C(=O)O. The predicted molar refractivity (Wildman–Crippen MR) is 43.3 cm³/mol. The second kappa shape index (κ2) is 3.09. The molecule has 0 amide bonds. The lowest BCUT2D eigenvalue weighted by atomic mass is 9.55. The second-order valence-electron chi connectivity index (χ2n) is 4.01. The molecule has 0 aromatic carbocycles. The van der Waals surface area contributed by atoms with Crippen LogP contribution < -0.4 is 0 Å². The Hall–Kier alpha value is -0.930. The van der Waals surface area contributed by atoms with E-state index in [9.17, 15) is 13.6 Å². The number of halogens is 2. The number of rotatable bonds is 2. The van der Waals surface area contributed by atoms with Crippen LogP contribution in [0, 0.1) is 17.3 Å². The summed E-state index contributed by atoms with van der Waals surface area (Å²) in [6.45, 7) is 3.42. The fourth-order valence-corrected chi connectivity index (χ4v) is 1.81. The molecule has 1 saturated carbocycles. The van der Waals surface area contributed by atoms with E-state index >= 15 is 0 Å². The molecule has 1 aliphatic rings. The standard InChI is InChI=1S/C9H12F2O2/c1-9(2)5(4-7(10)11)3-6(9)8(12)13/h4-6H,3H2,1-2H3,(H,12,13). The maximum absolute atomic E-state index is 11.9. The molecule has 74 valence electrons. The molecule has 0 aliphatic heterocycles. The topological polar surface area (TPSA) is 37.3 Å². The highest BCUT2D eigenvalue weighted by Gasteiger charge is 2.51. The summed E-state index contributed by atoms with van der Waals surface area (Å²) in [6.07, 6.45) is -0.541. The Labute approximate surface area is 75.3 Å². The van der Waals surface area contributed by atoms with Gasteiger partial charge in [-0.15, -0.1) is 0 Å². The van der Waals surface area contributed by atoms with Gasteiger partial charge in [-0.2, -0.15) is 8.78 Å². The summed E-state index contributed by atoms with van der Waals surface area (Å²) in [5.74, 6) is -1.69. The lowest BCUT2D eigenvalue weighted by Gasteiger charge is -2.48. The van der Waals surface area contributed by atoms with Gasteiger partial charge >= 0.3 is 5.97 Å². The number of carboxylic acids is 1. The largest absolute Gasteiger partial charge is 0.481 e. The number of hydrogen-bond donors (Lipinski definition) is 1. The summed E-state index contributed by atoms with van der Waals surface area (Å²) in [5.41, 5.74) is -0.546. The molecular weight excluding hydrogens is 178 g/mol. The van der Waals surface area contributed by atoms with Crippen molar-refractivity contribution < 1.29 is 18.7 Å². The van der Waals surface area contributed by atoms with E-state index in [2.05, 4.69) is 0 Å². The minimum absolute atomic E-state index is 0.307. The summed E-state index contributed by atoms with van der Waals surface area (Å²) in [4.78, 5) is 10.6. The van der Waals surface area contributed by atoms with E-state index in [1.807, 2.05) is 0 Å². The molecule has 0 spiro atoms. The summed E-state index contributed by atoms with van der Waals surface area (Å²) < 4.78 is 23.8. The van der Waals surface area contributed by atoms with Gasteiger partial charge in [-0.05, 0) is 23.8 Å². The first-order valence-electron chi connectivity index (χ1n) is 4.11. The maximum atomic E-state index is 11.9. The van der Waals surface area contributed by atoms with Crippen LogP contribution in [0.4, 0.5) is 8.78 Å². The van der Waals surface area contributed by atoms with Gasteiger partial charge in [-0.3, -0.25) is 4.79 Å². The molecule has 4 heteroatoms. The van der Waals surface area contributed by atoms with Crippen LogP contribution in [0.1, 0.15) is 20.3 Å². The number of aliphatic carboxylic acids is 1. The molecular formula is C9H12F2O2. The second-order valence-corrected chi connectivity index (χ2v) is 4.01. The van der Waals surface area contributed by atoms with Crippen LogP contribution >= 0.6 is 0 Å². The van der Waals surface area contributed by atoms with Crippen molar-refractivity contribution in [2.75, 3.05) is 0 Å². The van der Waals surface area contributed by atoms with Crippen LogP contribution in [-0.2, 0) is 4.79 Å². The first kappa shape index (κ1) is 10.2. The van der Waals surface area contributed by atoms with E-state index in [1.54, 1.807) is 13.8 Å². The predicted octanol–water partition coefficient (Wildman–Crippen LogP) is 2.51. The minimum atomic E-state index is -1.72. The molecule has 1 N–H and O–H groups in total. The van der Waals surface area contributed by atoms with E-state index in [1.165, 1.54) is 0 Å². The van der Waals surface area contributed by atoms with Gasteiger partial charge in [-0.25, -0.2) is 0 Å². The molecule has 1 aliphatic carbocycles. The van der Waals surface area contributed by atoms with Gasteiger partial charge in [0.25, 0.3) is 6.08 Å². The lowest BCUT2D eigenvalue weighted by Crippen LogP contribution is -2.47. The Bertz CT molecular complexity index is 254. The molecule has 0 heterocycles. The van der Waals surface area contributed by atoms with Crippen LogP contribution in [0.2, 0.25) is 0 Å². The molecule has 0 radical (unpaired) electrons. The van der Waals surface area contributed by atoms with E-state index in [0.29, 0.717) is 6.42 Å². The summed E-state index contributed by atoms with van der Waals surface area (Å²) in [6, 6.07) is 0. The highest BCUT2D eigenvalue weighted by atomic mass is 19.3. The van der Waals surface area contributed by atoms with E-state index in [4.69, 9.17) is 5.11 Å². The molecule has 2 unspecified atom stereocenters. The quantitative estimate of drug-likeness (QED) is 0.726. The van der Waals surface area contributed by atoms with Crippen molar-refractivity contribution in [2.24, 2.45) is 17.3 Å². The minimum Gasteiger partial charge on any atom is -0.481 e. The molecule has 13 heavy (non-hydrogen) atoms. The summed E-state index contributed by atoms with van der Waals surface area (Å²) >= 11 is 0. The Morgan fingerprint density at radius 1 is 1.54 bits per heavy atom. The van der Waals surface area contributed by atoms with Crippen LogP contribution in [0.3, 0.4) is 0 Å². The van der Waals surface area contributed by atoms with Crippen molar-refractivity contribution in [3.63, 3.8) is 0 Å². The monoisotopic (exact) mass is 190 g/mol. The van der Waals surface area contributed by atoms with Gasteiger partial charge < -0.3 is 5.11 Å². The molecule has 0 bridgehead atoms. The Kier molecular flexibility index (Phi) is 2.41. The Morgan fingerprint density at radius 3 is 2.38 bits per heavy atom. The van der Waals surface area contributed by atoms with E-state index in [0.717, 1.165) is 6.08 Å². The fourth-order valence-electron chi connectivity index (χ4n) is 1.81. The van der Waals surface area contributed by atoms with Gasteiger partial charge in [0.1, 0.15) is 0 Å². The average molecular weight is 190 g/mol. The van der Waals surface area contributed by atoms with Crippen molar-refractivity contribution in [1.29, 1.82) is 0 Å². The number of carbonyl (C=O) groups is 1. The average Bonchev–Trinajstić information content (AvgIpc) is 1.96. The molecule has 0 aromatic heterocycles. The summed E-state index contributed by atoms with van der Waals surface area (Å²) in [5, 5.41) is 8.71. The van der Waals surface area contributed by atoms with Crippen LogP contribution in [0.15, 0.2) is 12.2 Å². The van der Waals surface area contributed by atoms with Gasteiger partial charge in [0.05, 0.1) is 5.92 Å². The number of hydrogen-bond acceptors (Lipinski definition) is 1. The van der Waals surface area contributed by atoms with Crippen molar-refractivity contribution >= 4 is 5.97 Å². The molecule has 1 rings (SSSR count). The van der Waals surface area contributed by atoms with Crippen molar-refractivity contribution in [2.45, 2.75) is 20.3 Å². The van der Waals surface area contributed by atoms with Crippen LogP contribution in [0.5, 0.6) is 0 Å². The van der Waals surface area contributed by atoms with Gasteiger partial charge in [-0.1, -0.05) is 13.8 Å². The van der Waals surface area contributed by atoms with Crippen molar-refractivity contribution in [3.05, 3.63) is 12.2 Å². The molecule has 2 atom stereocenters. The number of carboxylic acid groups (broad SMARTS) is 1.